The smallest absolute Gasteiger partial charge is 0.324 e. The zero-order valence-corrected chi connectivity index (χ0v) is 73.4. The molecule has 4 rings (SSSR count). The number of hydrogen-bond acceptors (Lipinski definition) is 27. The van der Waals surface area contributed by atoms with Crippen molar-refractivity contribution in [1.82, 2.24) is 47.4 Å². The molecule has 1 saturated heterocycles. The first-order valence-corrected chi connectivity index (χ1v) is 43.6. The third kappa shape index (κ3) is 38.9. The number of urea groups is 1. The van der Waals surface area contributed by atoms with Gasteiger partial charge in [0.2, 0.25) is 47.3 Å². The van der Waals surface area contributed by atoms with E-state index in [9.17, 15) is 137 Å². The van der Waals surface area contributed by atoms with Gasteiger partial charge in [0.05, 0.1) is 110 Å². The Kier molecular flexibility index (Phi) is 47.1. The molecule has 1 aliphatic heterocycles. The molecule has 0 radical (unpaired) electrons. The topological polar surface area (TPSA) is 632 Å². The van der Waals surface area contributed by atoms with Gasteiger partial charge in [-0.25, -0.2) is 4.79 Å². The summed E-state index contributed by atoms with van der Waals surface area (Å²) in [5.74, 6) is -30.6. The Morgan fingerprint density at radius 3 is 1.44 bits per heavy atom. The molecule has 16 atom stereocenters. The van der Waals surface area contributed by atoms with E-state index >= 15 is 0 Å². The number of thioether (sulfide) groups is 1. The third-order valence-electron chi connectivity index (χ3n) is 21.8. The summed E-state index contributed by atoms with van der Waals surface area (Å²) >= 11 is 0.870. The molecule has 127 heavy (non-hydrogen) atoms. The molecule has 1 fully saturated rings. The van der Waals surface area contributed by atoms with Gasteiger partial charge in [0.25, 0.3) is 0 Å². The molecule has 3 aromatic carbocycles. The van der Waals surface area contributed by atoms with Crippen LogP contribution in [0.4, 0.5) is 4.79 Å². The molecule has 38 nitrogen and oxygen atoms in total. The van der Waals surface area contributed by atoms with Crippen molar-refractivity contribution in [3.05, 3.63) is 95.6 Å². The number of imide groups is 1. The van der Waals surface area contributed by atoms with E-state index < -0.39 is 292 Å². The van der Waals surface area contributed by atoms with Gasteiger partial charge in [-0.15, -0.1) is 11.8 Å². The lowest BCUT2D eigenvalue weighted by Gasteiger charge is -2.28. The summed E-state index contributed by atoms with van der Waals surface area (Å²) in [6.45, 7) is 8.53. The molecule has 0 bridgehead atoms. The minimum atomic E-state index is -1.99. The maximum atomic E-state index is 14.8. The molecule has 10 amide bonds. The maximum absolute atomic E-state index is 14.8. The number of benzene rings is 3. The number of rotatable bonds is 63. The fourth-order valence-corrected chi connectivity index (χ4v) is 15.0. The van der Waals surface area contributed by atoms with Crippen LogP contribution < -0.4 is 48.3 Å². The zero-order chi connectivity index (χ0) is 94.9. The van der Waals surface area contributed by atoms with Crippen molar-refractivity contribution in [3.8, 4) is 11.5 Å². The van der Waals surface area contributed by atoms with Crippen LogP contribution in [-0.2, 0) is 106 Å². The number of carboxylic acid groups (broad SMARTS) is 3. The first kappa shape index (κ1) is 108. The number of carboxylic acids is 3. The monoisotopic (exact) mass is 1800 g/mol. The van der Waals surface area contributed by atoms with E-state index in [1.54, 1.807) is 65.0 Å². The van der Waals surface area contributed by atoms with Gasteiger partial charge in [0, 0.05) is 82.3 Å². The molecule has 3 aromatic rings. The highest BCUT2D eigenvalue weighted by atomic mass is 32.2. The van der Waals surface area contributed by atoms with Crippen LogP contribution in [0.15, 0.2) is 78.9 Å². The molecule has 0 spiro atoms. The van der Waals surface area contributed by atoms with Crippen molar-refractivity contribution in [3.63, 3.8) is 0 Å². The van der Waals surface area contributed by atoms with Crippen molar-refractivity contribution in [2.45, 2.75) is 219 Å². The fourth-order valence-electron chi connectivity index (χ4n) is 14.2. The summed E-state index contributed by atoms with van der Waals surface area (Å²) in [6.07, 6.45) is -10.2. The Labute approximate surface area is 740 Å². The predicted octanol–water partition coefficient (Wildman–Crippen LogP) is 1.26. The van der Waals surface area contributed by atoms with E-state index in [0.717, 1.165) is 30.5 Å². The van der Waals surface area contributed by atoms with Crippen LogP contribution in [0, 0.1) is 53.3 Å². The number of ketones is 7. The second kappa shape index (κ2) is 55.4. The van der Waals surface area contributed by atoms with E-state index in [0.29, 0.717) is 36.9 Å². The number of aliphatic hydroxyl groups excluding tert-OH is 4. The van der Waals surface area contributed by atoms with Crippen molar-refractivity contribution in [2.75, 3.05) is 50.9 Å². The second-order valence-corrected chi connectivity index (χ2v) is 33.9. The molecule has 0 aromatic heterocycles. The molecule has 0 aliphatic carbocycles. The highest BCUT2D eigenvalue weighted by Gasteiger charge is 2.41. The number of amides is 10. The van der Waals surface area contributed by atoms with Gasteiger partial charge in [-0.2, -0.15) is 0 Å². The number of unbranched alkanes of at least 4 members (excludes halogenated alkanes) is 1. The van der Waals surface area contributed by atoms with E-state index in [1.165, 1.54) is 48.5 Å². The largest absolute Gasteiger partial charge is 0.508 e. The summed E-state index contributed by atoms with van der Waals surface area (Å²) in [4.78, 5) is 260. The molecule has 1 aliphatic rings. The number of nitrogens with one attached hydrogen (secondary N) is 8. The Morgan fingerprint density at radius 1 is 0.465 bits per heavy atom. The van der Waals surface area contributed by atoms with Gasteiger partial charge < -0.3 is 94.2 Å². The number of aromatic hydroxyl groups is 2. The number of aliphatic hydroxyl groups is 4. The number of carbonyl (C=O) groups is 19. The van der Waals surface area contributed by atoms with Gasteiger partial charge in [-0.3, -0.25) is 91.2 Å². The number of nitrogens with two attached hydrogens (primary N) is 1. The number of Topliss-reactive ketones (excluding diaryl/α,β-unsaturated/α-hetero) is 7. The lowest BCUT2D eigenvalue weighted by molar-refractivity contribution is -0.143. The van der Waals surface area contributed by atoms with Gasteiger partial charge in [0.1, 0.15) is 23.3 Å². The molecular weight excluding hydrogens is 1680 g/mol. The Hall–Kier alpha value is -11.3. The van der Waals surface area contributed by atoms with Gasteiger partial charge in [-0.1, -0.05) is 95.1 Å². The average molecular weight is 1800 g/mol. The molecular formula is C88H124N10O28S. The van der Waals surface area contributed by atoms with Crippen LogP contribution in [0.1, 0.15) is 168 Å². The van der Waals surface area contributed by atoms with Crippen LogP contribution in [0.2, 0.25) is 0 Å². The van der Waals surface area contributed by atoms with Crippen molar-refractivity contribution in [1.29, 1.82) is 0 Å². The second-order valence-electron chi connectivity index (χ2n) is 32.9. The van der Waals surface area contributed by atoms with Crippen LogP contribution in [0.5, 0.6) is 11.5 Å². The fraction of sp³-hybridized carbons (Fsp3) is 0.580. The van der Waals surface area contributed by atoms with Gasteiger partial charge >= 0.3 is 23.9 Å². The summed E-state index contributed by atoms with van der Waals surface area (Å²) in [7, 11) is 0. The number of aliphatic carboxylic acids is 3. The minimum absolute atomic E-state index is 0.0252. The summed E-state index contributed by atoms with van der Waals surface area (Å²) in [6, 6.07) is 9.82. The maximum Gasteiger partial charge on any atom is 0.324 e. The van der Waals surface area contributed by atoms with Gasteiger partial charge in [0.15, 0.2) is 34.7 Å². The molecule has 1 heterocycles. The predicted molar refractivity (Wildman–Crippen MR) is 459 cm³/mol. The number of carbonyl (C=O) groups excluding carboxylic acids is 16. The van der Waals surface area contributed by atoms with Crippen molar-refractivity contribution < 1.29 is 137 Å². The normalized spacial score (nSPS) is 15.7. The summed E-state index contributed by atoms with van der Waals surface area (Å²) in [5.41, 5.74) is 6.77. The summed E-state index contributed by atoms with van der Waals surface area (Å²) in [5, 5.41) is 113. The number of nitrogens with zero attached hydrogens (tertiary/aromatic N) is 1. The first-order chi connectivity index (χ1) is 60.0. The lowest BCUT2D eigenvalue weighted by atomic mass is 9.85. The Bertz CT molecular complexity index is 4260. The van der Waals surface area contributed by atoms with E-state index in [2.05, 4.69) is 42.5 Å². The van der Waals surface area contributed by atoms with E-state index in [-0.39, 0.29) is 85.7 Å². The Balaban J connectivity index is 1.55. The molecule has 19 N–H and O–H groups in total. The number of hydrogen-bond donors (Lipinski definition) is 18. The first-order valence-electron chi connectivity index (χ1n) is 42.4. The van der Waals surface area contributed by atoms with E-state index in [4.69, 9.17) is 5.73 Å². The highest BCUT2D eigenvalue weighted by molar-refractivity contribution is 8.00. The minimum Gasteiger partial charge on any atom is -0.508 e. The summed E-state index contributed by atoms with van der Waals surface area (Å²) < 4.78 is 0. The zero-order valence-electron chi connectivity index (χ0n) is 72.6. The van der Waals surface area contributed by atoms with Crippen molar-refractivity contribution in [2.24, 2.45) is 59.0 Å². The van der Waals surface area contributed by atoms with Crippen LogP contribution in [0.3, 0.4) is 0 Å². The SMILES string of the molecule is CC[C@H](C)[C@H](NC(=O)[C@H](CO)CC(=O)[C@H](Cc1ccc(O)cc1)NC(=O)[C@H](CC(=O)O)CC(=O)[C@H](CO)NC(=O)[C@@H](CC(=O)[C@H](Cc1ccccc1)NC(=O)[C@@H](CC(=O)CNC(=O)[C@H](CCC(=O)O)CC(=O)CSCC(=O)N1CCNC1=O)[C@@H](C)O)[C@@H](C)O)C(=O)C[C@@H](Cc1ccc(O)cc1)C(=O)N[C@@H](CC(C)C)C(=O)C[C@@H](CC(=O)O)C(=O)N[C@H](C)CCCCN. The highest BCUT2D eigenvalue weighted by Crippen LogP contribution is 2.27. The van der Waals surface area contributed by atoms with E-state index in [1.807, 2.05) is 0 Å². The van der Waals surface area contributed by atoms with Crippen LogP contribution in [-0.4, -0.2) is 262 Å². The molecule has 39 heteroatoms. The Morgan fingerprint density at radius 2 is 0.937 bits per heavy atom. The number of phenols is 2. The molecule has 0 saturated carbocycles. The third-order valence-corrected chi connectivity index (χ3v) is 22.8. The number of phenolic OH excluding ortho intramolecular Hbond substituents is 2. The average Bonchev–Trinajstić information content (AvgIpc) is 1.84. The standard InChI is InChI=1S/C88H124N10O28S/c1-8-49(4)80(75(111)37-57(31-54-17-22-61(103)23-18-54)83(121)93-67(30-48(2)3)71(107)35-58(39-78(115)116)82(120)92-50(5)14-12-13-27-89)97-85(123)60(44-99)38-72(108)68(33-55-19-24-62(104)25-20-55)94-84(122)59(40-79(117)118)36-73(109)70(45-100)96-87(125)66(52(7)102)42-74(110)69(32-53-15-10-9-11-16-53)95-86(124)65(51(6)101)41-63(105)43-91-81(119)56(21-26-77(113)114)34-64(106)46-127-47-76(112)98-29-28-90-88(98)126/h9-11,15-20,22-25,48-52,56-60,65-70,80,99-104H,8,12-14,21,26-47,89H2,1-7H3,(H,90,126)(H,91,119)(H,92,120)(H,93,121)(H,94,122)(H,95,124)(H,96,125)(H,97,123)(H,113,114)(H,115,116)(H,117,118)/t49-,50+,51+,52+,56+,57+,58-,59-,60-,65-,66-,67-,68-,69-,70-,80-/m0/s1. The van der Waals surface area contributed by atoms with Crippen molar-refractivity contribution >= 4 is 123 Å². The lowest BCUT2D eigenvalue weighted by Crippen LogP contribution is -2.52. The van der Waals surface area contributed by atoms with Crippen LogP contribution in [0.25, 0.3) is 0 Å². The molecule has 700 valence electrons. The molecule has 0 unspecified atom stereocenters. The van der Waals surface area contributed by atoms with Gasteiger partial charge in [-0.05, 0) is 125 Å². The quantitative estimate of drug-likeness (QED) is 0.0354. The van der Waals surface area contributed by atoms with Crippen LogP contribution >= 0.6 is 11.8 Å².